The topological polar surface area (TPSA) is 72.5 Å². The lowest BCUT2D eigenvalue weighted by atomic mass is 9.84. The molecule has 0 aromatic carbocycles. The summed E-state index contributed by atoms with van der Waals surface area (Å²) >= 11 is 0. The predicted octanol–water partition coefficient (Wildman–Crippen LogP) is 1.45. The maximum absolute atomic E-state index is 11.5. The normalized spacial score (nSPS) is 16.8. The number of hydrogen-bond acceptors (Lipinski definition) is 4. The van der Waals surface area contributed by atoms with Gasteiger partial charge in [-0.1, -0.05) is 20.8 Å². The summed E-state index contributed by atoms with van der Waals surface area (Å²) in [5, 5.41) is 9.66. The summed E-state index contributed by atoms with van der Waals surface area (Å²) in [4.78, 5) is 11.5. The highest BCUT2D eigenvalue weighted by atomic mass is 16.6. The average molecular weight is 231 g/mol. The first-order valence-corrected chi connectivity index (χ1v) is 5.60. The van der Waals surface area contributed by atoms with Crippen molar-refractivity contribution >= 4 is 5.97 Å². The number of hydrogen-bond donors (Lipinski definition) is 2. The van der Waals surface area contributed by atoms with Crippen LogP contribution in [0.25, 0.3) is 0 Å². The summed E-state index contributed by atoms with van der Waals surface area (Å²) in [6.45, 7) is 11.2. The van der Waals surface area contributed by atoms with Gasteiger partial charge in [-0.2, -0.15) is 0 Å². The molecule has 0 bridgehead atoms. The Labute approximate surface area is 98.2 Å². The van der Waals surface area contributed by atoms with E-state index < -0.39 is 17.7 Å². The summed E-state index contributed by atoms with van der Waals surface area (Å²) in [6.07, 6.45) is -0.924. The molecular formula is C12H25NO3. The summed E-state index contributed by atoms with van der Waals surface area (Å²) in [5.41, 5.74) is 5.17. The van der Waals surface area contributed by atoms with E-state index in [0.717, 1.165) is 0 Å². The number of rotatable bonds is 3. The van der Waals surface area contributed by atoms with Gasteiger partial charge in [-0.25, -0.2) is 4.79 Å². The number of carbonyl (C=O) groups is 1. The minimum Gasteiger partial charge on any atom is -0.458 e. The molecule has 0 aromatic heterocycles. The smallest absolute Gasteiger partial charge is 0.335 e. The lowest BCUT2D eigenvalue weighted by Crippen LogP contribution is -2.41. The van der Waals surface area contributed by atoms with Gasteiger partial charge in [0.1, 0.15) is 5.60 Å². The van der Waals surface area contributed by atoms with E-state index in [4.69, 9.17) is 10.5 Å². The molecule has 0 radical (unpaired) electrons. The fourth-order valence-electron chi connectivity index (χ4n) is 1.06. The zero-order valence-electron chi connectivity index (χ0n) is 11.2. The third-order valence-corrected chi connectivity index (χ3v) is 2.27. The first kappa shape index (κ1) is 15.4. The van der Waals surface area contributed by atoms with Crippen molar-refractivity contribution in [2.45, 2.75) is 65.7 Å². The zero-order valence-corrected chi connectivity index (χ0v) is 11.2. The molecule has 0 amide bonds. The summed E-state index contributed by atoms with van der Waals surface area (Å²) in [5.74, 6) is -0.604. The molecule has 2 atom stereocenters. The van der Waals surface area contributed by atoms with Crippen LogP contribution in [0.2, 0.25) is 0 Å². The molecule has 0 aromatic rings. The SMILES string of the molecule is CC(C)(C)OC(=O)[C@H](O)C[C@@H](N)C(C)(C)C. The van der Waals surface area contributed by atoms with Crippen LogP contribution in [-0.4, -0.2) is 28.8 Å². The van der Waals surface area contributed by atoms with Crippen LogP contribution in [-0.2, 0) is 9.53 Å². The van der Waals surface area contributed by atoms with Crippen LogP contribution in [0, 0.1) is 5.41 Å². The van der Waals surface area contributed by atoms with Crippen molar-refractivity contribution in [3.63, 3.8) is 0 Å². The molecule has 4 nitrogen and oxygen atoms in total. The lowest BCUT2D eigenvalue weighted by Gasteiger charge is -2.29. The monoisotopic (exact) mass is 231 g/mol. The number of nitrogens with two attached hydrogens (primary N) is 1. The van der Waals surface area contributed by atoms with E-state index >= 15 is 0 Å². The van der Waals surface area contributed by atoms with Crippen LogP contribution < -0.4 is 5.73 Å². The van der Waals surface area contributed by atoms with Gasteiger partial charge in [-0.15, -0.1) is 0 Å². The third-order valence-electron chi connectivity index (χ3n) is 2.27. The maximum Gasteiger partial charge on any atom is 0.335 e. The van der Waals surface area contributed by atoms with Gasteiger partial charge in [0.2, 0.25) is 0 Å². The van der Waals surface area contributed by atoms with Gasteiger partial charge >= 0.3 is 5.97 Å². The van der Waals surface area contributed by atoms with Gasteiger partial charge < -0.3 is 15.6 Å². The number of aliphatic hydroxyl groups is 1. The van der Waals surface area contributed by atoms with Gasteiger partial charge in [0.15, 0.2) is 6.10 Å². The predicted molar refractivity (Wildman–Crippen MR) is 63.9 cm³/mol. The highest BCUT2D eigenvalue weighted by Crippen LogP contribution is 2.21. The fourth-order valence-corrected chi connectivity index (χ4v) is 1.06. The molecule has 96 valence electrons. The first-order chi connectivity index (χ1) is 6.93. The van der Waals surface area contributed by atoms with Gasteiger partial charge in [0.05, 0.1) is 0 Å². The van der Waals surface area contributed by atoms with Gasteiger partial charge in [0, 0.05) is 6.04 Å². The average Bonchev–Trinajstić information content (AvgIpc) is 1.98. The quantitative estimate of drug-likeness (QED) is 0.721. The number of ether oxygens (including phenoxy) is 1. The van der Waals surface area contributed by atoms with Gasteiger partial charge in [-0.05, 0) is 32.6 Å². The molecule has 0 fully saturated rings. The van der Waals surface area contributed by atoms with E-state index in [1.54, 1.807) is 20.8 Å². The molecular weight excluding hydrogens is 206 g/mol. The van der Waals surface area contributed by atoms with E-state index in [1.165, 1.54) is 0 Å². The highest BCUT2D eigenvalue weighted by Gasteiger charge is 2.29. The molecule has 0 aliphatic heterocycles. The third kappa shape index (κ3) is 6.08. The minimum absolute atomic E-state index is 0.136. The molecule has 0 saturated carbocycles. The molecule has 0 unspecified atom stereocenters. The second-order valence-corrected chi connectivity index (χ2v) is 6.26. The standard InChI is InChI=1S/C12H25NO3/c1-11(2,3)9(13)7-8(14)10(15)16-12(4,5)6/h8-9,14H,7,13H2,1-6H3/t8-,9-/m1/s1. The summed E-state index contributed by atoms with van der Waals surface area (Å²) < 4.78 is 5.07. The van der Waals surface area contributed by atoms with E-state index in [9.17, 15) is 9.90 Å². The van der Waals surface area contributed by atoms with Gasteiger partial charge in [0.25, 0.3) is 0 Å². The van der Waals surface area contributed by atoms with E-state index in [0.29, 0.717) is 0 Å². The molecule has 0 aliphatic carbocycles. The number of carbonyl (C=O) groups excluding carboxylic acids is 1. The highest BCUT2D eigenvalue weighted by molar-refractivity contribution is 5.74. The molecule has 4 heteroatoms. The van der Waals surface area contributed by atoms with Crippen LogP contribution in [0.1, 0.15) is 48.0 Å². The molecule has 0 aliphatic rings. The van der Waals surface area contributed by atoms with Crippen LogP contribution >= 0.6 is 0 Å². The Morgan fingerprint density at radius 2 is 1.69 bits per heavy atom. The Bertz CT molecular complexity index is 238. The van der Waals surface area contributed by atoms with E-state index in [1.807, 2.05) is 20.8 Å². The van der Waals surface area contributed by atoms with Crippen molar-refractivity contribution in [1.29, 1.82) is 0 Å². The minimum atomic E-state index is -1.14. The van der Waals surface area contributed by atoms with Crippen molar-refractivity contribution in [2.75, 3.05) is 0 Å². The Hall–Kier alpha value is -0.610. The van der Waals surface area contributed by atoms with Crippen LogP contribution in [0.4, 0.5) is 0 Å². The van der Waals surface area contributed by atoms with E-state index in [2.05, 4.69) is 0 Å². The lowest BCUT2D eigenvalue weighted by molar-refractivity contribution is -0.165. The first-order valence-electron chi connectivity index (χ1n) is 5.60. The van der Waals surface area contributed by atoms with Crippen molar-refractivity contribution in [3.05, 3.63) is 0 Å². The van der Waals surface area contributed by atoms with Crippen molar-refractivity contribution in [3.8, 4) is 0 Å². The van der Waals surface area contributed by atoms with Crippen LogP contribution in [0.3, 0.4) is 0 Å². The largest absolute Gasteiger partial charge is 0.458 e. The molecule has 3 N–H and O–H groups in total. The van der Waals surface area contributed by atoms with Crippen molar-refractivity contribution in [2.24, 2.45) is 11.1 Å². The molecule has 0 heterocycles. The second-order valence-electron chi connectivity index (χ2n) is 6.26. The number of esters is 1. The second kappa shape index (κ2) is 5.15. The number of aliphatic hydroxyl groups excluding tert-OH is 1. The van der Waals surface area contributed by atoms with Crippen LogP contribution in [0.5, 0.6) is 0 Å². The zero-order chi connectivity index (χ0) is 13.1. The summed E-state index contributed by atoms with van der Waals surface area (Å²) in [7, 11) is 0. The van der Waals surface area contributed by atoms with Crippen LogP contribution in [0.15, 0.2) is 0 Å². The molecule has 0 saturated heterocycles. The fraction of sp³-hybridized carbons (Fsp3) is 0.917. The molecule has 0 rings (SSSR count). The van der Waals surface area contributed by atoms with Crippen molar-refractivity contribution in [1.82, 2.24) is 0 Å². The Morgan fingerprint density at radius 3 is 2.00 bits per heavy atom. The van der Waals surface area contributed by atoms with Crippen molar-refractivity contribution < 1.29 is 14.6 Å². The Kier molecular flexibility index (Phi) is 4.95. The molecule has 0 spiro atoms. The Balaban J connectivity index is 4.27. The van der Waals surface area contributed by atoms with Gasteiger partial charge in [-0.3, -0.25) is 0 Å². The van der Waals surface area contributed by atoms with E-state index in [-0.39, 0.29) is 17.9 Å². The Morgan fingerprint density at radius 1 is 1.25 bits per heavy atom. The maximum atomic E-state index is 11.5. The summed E-state index contributed by atoms with van der Waals surface area (Å²) in [6, 6.07) is -0.241. The molecule has 16 heavy (non-hydrogen) atoms.